The van der Waals surface area contributed by atoms with Crippen LogP contribution in [0.25, 0.3) is 0 Å². The number of aldehydes is 1. The van der Waals surface area contributed by atoms with E-state index in [1.807, 2.05) is 0 Å². The molecule has 122 valence electrons. The fourth-order valence-corrected chi connectivity index (χ4v) is 1.71. The van der Waals surface area contributed by atoms with Gasteiger partial charge in [0.25, 0.3) is 0 Å². The second-order valence-corrected chi connectivity index (χ2v) is 4.50. The summed E-state index contributed by atoms with van der Waals surface area (Å²) in [4.78, 5) is 10.9. The largest absolute Gasteiger partial charge is 0.458 e. The van der Waals surface area contributed by atoms with Crippen molar-refractivity contribution in [1.29, 1.82) is 0 Å². The number of alkyl halides is 5. The average molecular weight is 334 g/mol. The lowest BCUT2D eigenvalue weighted by atomic mass is 10.0. The zero-order valence-electron chi connectivity index (χ0n) is 11.2. The van der Waals surface area contributed by atoms with E-state index >= 15 is 0 Å². The third kappa shape index (κ3) is 3.46. The summed E-state index contributed by atoms with van der Waals surface area (Å²) in [5.41, 5.74) is -1.59. The maximum absolute atomic E-state index is 13.4. The zero-order chi connectivity index (χ0) is 17.3. The second kappa shape index (κ2) is 5.94. The lowest BCUT2D eigenvalue weighted by molar-refractivity contribution is -0.289. The van der Waals surface area contributed by atoms with Gasteiger partial charge in [-0.2, -0.15) is 22.0 Å². The van der Waals surface area contributed by atoms with Crippen molar-refractivity contribution in [3.05, 3.63) is 59.4 Å². The minimum atomic E-state index is -5.79. The van der Waals surface area contributed by atoms with Crippen LogP contribution in [0.15, 0.2) is 42.5 Å². The molecule has 8 heteroatoms. The van der Waals surface area contributed by atoms with Crippen LogP contribution in [0.3, 0.4) is 0 Å². The minimum Gasteiger partial charge on any atom is -0.457 e. The van der Waals surface area contributed by atoms with Crippen LogP contribution in [0.1, 0.15) is 15.9 Å². The third-order valence-corrected chi connectivity index (χ3v) is 2.90. The van der Waals surface area contributed by atoms with Gasteiger partial charge in [0.2, 0.25) is 0 Å². The topological polar surface area (TPSA) is 26.3 Å². The lowest BCUT2D eigenvalue weighted by Crippen LogP contribution is -2.33. The van der Waals surface area contributed by atoms with Crippen molar-refractivity contribution < 1.29 is 35.9 Å². The molecular formula is C15H8F6O2. The van der Waals surface area contributed by atoms with E-state index in [2.05, 4.69) is 0 Å². The molecule has 2 aromatic carbocycles. The molecule has 2 rings (SSSR count). The molecule has 2 nitrogen and oxygen atoms in total. The molecule has 0 aliphatic rings. The van der Waals surface area contributed by atoms with Crippen LogP contribution >= 0.6 is 0 Å². The second-order valence-electron chi connectivity index (χ2n) is 4.50. The van der Waals surface area contributed by atoms with Crippen LogP contribution in [0, 0.1) is 5.82 Å². The average Bonchev–Trinajstić information content (AvgIpc) is 2.48. The van der Waals surface area contributed by atoms with Crippen LogP contribution in [0.2, 0.25) is 0 Å². The standard InChI is InChI=1S/C15H8F6O2/c16-11-3-5-12(6-4-11)23-13-7-10(2-1-9(13)8-22)14(17,18)15(19,20)21/h1-8H. The maximum Gasteiger partial charge on any atom is 0.458 e. The fraction of sp³-hybridized carbons (Fsp3) is 0.133. The first-order valence-corrected chi connectivity index (χ1v) is 6.13. The Kier molecular flexibility index (Phi) is 4.35. The van der Waals surface area contributed by atoms with Gasteiger partial charge in [-0.05, 0) is 36.4 Å². The molecule has 2 aromatic rings. The summed E-state index contributed by atoms with van der Waals surface area (Å²) in [6.45, 7) is 0. The predicted molar refractivity (Wildman–Crippen MR) is 68.3 cm³/mol. The van der Waals surface area contributed by atoms with E-state index in [1.54, 1.807) is 0 Å². The highest BCUT2D eigenvalue weighted by Crippen LogP contribution is 2.45. The van der Waals surface area contributed by atoms with Crippen molar-refractivity contribution >= 4 is 6.29 Å². The lowest BCUT2D eigenvalue weighted by Gasteiger charge is -2.20. The van der Waals surface area contributed by atoms with Crippen LogP contribution in [0.4, 0.5) is 26.3 Å². The predicted octanol–water partition coefficient (Wildman–Crippen LogP) is 5.08. The van der Waals surface area contributed by atoms with Gasteiger partial charge in [0, 0.05) is 5.56 Å². The van der Waals surface area contributed by atoms with Crippen LogP contribution in [-0.2, 0) is 5.92 Å². The summed E-state index contributed by atoms with van der Waals surface area (Å²) < 4.78 is 81.8. The number of carbonyl (C=O) groups is 1. The Morgan fingerprint density at radius 2 is 1.52 bits per heavy atom. The normalized spacial score (nSPS) is 12.1. The van der Waals surface area contributed by atoms with Crippen molar-refractivity contribution in [2.24, 2.45) is 0 Å². The van der Waals surface area contributed by atoms with E-state index in [9.17, 15) is 31.1 Å². The molecule has 0 atom stereocenters. The molecule has 23 heavy (non-hydrogen) atoms. The summed E-state index contributed by atoms with van der Waals surface area (Å²) >= 11 is 0. The highest BCUT2D eigenvalue weighted by molar-refractivity contribution is 5.79. The van der Waals surface area contributed by atoms with Gasteiger partial charge < -0.3 is 4.74 Å². The molecule has 0 heterocycles. The Hall–Kier alpha value is -2.51. The molecule has 0 aromatic heterocycles. The van der Waals surface area contributed by atoms with Gasteiger partial charge in [0.15, 0.2) is 6.29 Å². The molecular weight excluding hydrogens is 326 g/mol. The molecule has 0 bridgehead atoms. The smallest absolute Gasteiger partial charge is 0.457 e. The van der Waals surface area contributed by atoms with Gasteiger partial charge in [0.05, 0.1) is 5.56 Å². The summed E-state index contributed by atoms with van der Waals surface area (Å²) in [5.74, 6) is -6.21. The van der Waals surface area contributed by atoms with Gasteiger partial charge in [-0.1, -0.05) is 6.07 Å². The molecule has 0 fully saturated rings. The summed E-state index contributed by atoms with van der Waals surface area (Å²) in [6, 6.07) is 6.00. The zero-order valence-corrected chi connectivity index (χ0v) is 11.2. The number of hydrogen-bond acceptors (Lipinski definition) is 2. The Balaban J connectivity index is 2.44. The van der Waals surface area contributed by atoms with Crippen LogP contribution in [-0.4, -0.2) is 12.5 Å². The number of ether oxygens (including phenoxy) is 1. The highest BCUT2D eigenvalue weighted by atomic mass is 19.4. The maximum atomic E-state index is 13.4. The Labute approximate surface area is 126 Å². The van der Waals surface area contributed by atoms with Gasteiger partial charge in [-0.3, -0.25) is 4.79 Å². The quantitative estimate of drug-likeness (QED) is 0.575. The molecule has 0 saturated heterocycles. The molecule has 0 N–H and O–H groups in total. The number of rotatable bonds is 4. The van der Waals surface area contributed by atoms with Crippen LogP contribution < -0.4 is 4.74 Å². The van der Waals surface area contributed by atoms with Crippen molar-refractivity contribution in [2.75, 3.05) is 0 Å². The molecule has 0 spiro atoms. The molecule has 0 radical (unpaired) electrons. The Bertz CT molecular complexity index is 707. The SMILES string of the molecule is O=Cc1ccc(C(F)(F)C(F)(F)F)cc1Oc1ccc(F)cc1. The van der Waals surface area contributed by atoms with E-state index in [0.717, 1.165) is 30.3 Å². The van der Waals surface area contributed by atoms with Gasteiger partial charge in [-0.15, -0.1) is 0 Å². The van der Waals surface area contributed by atoms with Crippen LogP contribution in [0.5, 0.6) is 11.5 Å². The van der Waals surface area contributed by atoms with Crippen molar-refractivity contribution in [2.45, 2.75) is 12.1 Å². The van der Waals surface area contributed by atoms with E-state index in [4.69, 9.17) is 4.74 Å². The van der Waals surface area contributed by atoms with E-state index in [1.165, 1.54) is 0 Å². The Morgan fingerprint density at radius 3 is 2.04 bits per heavy atom. The first kappa shape index (κ1) is 16.9. The molecule has 0 aliphatic heterocycles. The monoisotopic (exact) mass is 334 g/mol. The molecule has 0 aliphatic carbocycles. The Morgan fingerprint density at radius 1 is 0.913 bits per heavy atom. The van der Waals surface area contributed by atoms with Gasteiger partial charge in [0.1, 0.15) is 17.3 Å². The van der Waals surface area contributed by atoms with Crippen molar-refractivity contribution in [3.8, 4) is 11.5 Å². The van der Waals surface area contributed by atoms with Crippen molar-refractivity contribution in [1.82, 2.24) is 0 Å². The third-order valence-electron chi connectivity index (χ3n) is 2.90. The number of hydrogen-bond donors (Lipinski definition) is 0. The number of halogens is 6. The summed E-state index contributed by atoms with van der Waals surface area (Å²) in [6.07, 6.45) is -5.54. The van der Waals surface area contributed by atoms with Gasteiger partial charge >= 0.3 is 12.1 Å². The number of carbonyl (C=O) groups excluding carboxylic acids is 1. The van der Waals surface area contributed by atoms with E-state index < -0.39 is 29.2 Å². The van der Waals surface area contributed by atoms with Gasteiger partial charge in [-0.25, -0.2) is 4.39 Å². The molecule has 0 saturated carbocycles. The van der Waals surface area contributed by atoms with E-state index in [-0.39, 0.29) is 17.6 Å². The minimum absolute atomic E-state index is 0.0259. The summed E-state index contributed by atoms with van der Waals surface area (Å²) in [7, 11) is 0. The van der Waals surface area contributed by atoms with E-state index in [0.29, 0.717) is 12.1 Å². The number of benzene rings is 2. The highest BCUT2D eigenvalue weighted by Gasteiger charge is 2.58. The first-order chi connectivity index (χ1) is 10.6. The first-order valence-electron chi connectivity index (χ1n) is 6.13. The van der Waals surface area contributed by atoms with Crippen molar-refractivity contribution in [3.63, 3.8) is 0 Å². The fourth-order valence-electron chi connectivity index (χ4n) is 1.71. The molecule has 0 amide bonds. The summed E-state index contributed by atoms with van der Waals surface area (Å²) in [5, 5.41) is 0. The molecule has 0 unspecified atom stereocenters.